The van der Waals surface area contributed by atoms with E-state index in [-0.39, 0.29) is 29.2 Å². The van der Waals surface area contributed by atoms with Crippen LogP contribution in [0.5, 0.6) is 11.5 Å². The molecule has 1 amide bonds. The molecule has 3 aliphatic carbocycles. The van der Waals surface area contributed by atoms with Gasteiger partial charge in [-0.1, -0.05) is 6.07 Å². The second kappa shape index (κ2) is 7.38. The fraction of sp³-hybridized carbons (Fsp3) is 0.536. The van der Waals surface area contributed by atoms with E-state index in [1.165, 1.54) is 30.5 Å². The molecule has 1 saturated heterocycles. The van der Waals surface area contributed by atoms with E-state index in [0.717, 1.165) is 43.7 Å². The number of benzene rings is 1. The molecule has 2 aliphatic heterocycles. The van der Waals surface area contributed by atoms with Gasteiger partial charge in [-0.2, -0.15) is 0 Å². The summed E-state index contributed by atoms with van der Waals surface area (Å²) in [7, 11) is 1.90. The number of phenols is 1. The molecule has 2 saturated carbocycles. The first-order chi connectivity index (χ1) is 16.6. The first-order valence-electron chi connectivity index (χ1n) is 12.8. The summed E-state index contributed by atoms with van der Waals surface area (Å²) in [5.74, 6) is 2.30. The second-order valence-corrected chi connectivity index (χ2v) is 11.1. The van der Waals surface area contributed by atoms with E-state index in [9.17, 15) is 9.90 Å². The molecule has 2 aromatic rings. The predicted molar refractivity (Wildman–Crippen MR) is 128 cm³/mol. The number of hydrogen-bond acceptors (Lipinski definition) is 5. The highest BCUT2D eigenvalue weighted by molar-refractivity contribution is 5.91. The molecule has 1 spiro atoms. The number of likely N-dealkylation sites (tertiary alicyclic amines) is 1. The van der Waals surface area contributed by atoms with Gasteiger partial charge in [-0.15, -0.1) is 0 Å². The zero-order valence-electron chi connectivity index (χ0n) is 19.7. The summed E-state index contributed by atoms with van der Waals surface area (Å²) in [6.45, 7) is 2.31. The zero-order valence-corrected chi connectivity index (χ0v) is 19.7. The molecule has 1 aromatic heterocycles. The van der Waals surface area contributed by atoms with Crippen molar-refractivity contribution in [1.29, 1.82) is 0 Å². The molecule has 178 valence electrons. The highest BCUT2D eigenvalue weighted by Gasteiger charge is 2.66. The second-order valence-electron chi connectivity index (χ2n) is 11.1. The van der Waals surface area contributed by atoms with Crippen LogP contribution in [0.15, 0.2) is 41.2 Å². The minimum absolute atomic E-state index is 0.0221. The summed E-state index contributed by atoms with van der Waals surface area (Å²) in [5, 5.41) is 10.8. The number of aromatic hydroxyl groups is 1. The Balaban J connectivity index is 1.24. The number of phenolic OH excluding ortho intramolecular Hbond substituents is 1. The lowest BCUT2D eigenvalue weighted by atomic mass is 9.51. The van der Waals surface area contributed by atoms with Crippen molar-refractivity contribution in [3.63, 3.8) is 0 Å². The topological polar surface area (TPSA) is 66.2 Å². The SMILES string of the molecule is CN(C(=O)C=Cc1ccoc1)[C@@H]1CC[C@H]2[C@H]3Cc4ccc(O)c5c4[C@@]2(CCN3CC2CC2)[C@H]1O5. The molecule has 1 N–H and O–H groups in total. The molecule has 5 aliphatic rings. The average Bonchev–Trinajstić information content (AvgIpc) is 3.36. The van der Waals surface area contributed by atoms with E-state index in [1.807, 2.05) is 18.0 Å². The van der Waals surface area contributed by atoms with Crippen LogP contribution in [0.4, 0.5) is 0 Å². The largest absolute Gasteiger partial charge is 0.504 e. The molecule has 5 atom stereocenters. The zero-order chi connectivity index (χ0) is 23.0. The molecule has 2 bridgehead atoms. The van der Waals surface area contributed by atoms with E-state index in [0.29, 0.717) is 17.7 Å². The number of piperidine rings is 1. The van der Waals surface area contributed by atoms with Crippen molar-refractivity contribution < 1.29 is 19.1 Å². The molecule has 3 heterocycles. The van der Waals surface area contributed by atoms with Crippen molar-refractivity contribution in [1.82, 2.24) is 9.80 Å². The molecule has 6 nitrogen and oxygen atoms in total. The van der Waals surface area contributed by atoms with Gasteiger partial charge in [-0.05, 0) is 80.7 Å². The van der Waals surface area contributed by atoms with Gasteiger partial charge >= 0.3 is 0 Å². The van der Waals surface area contributed by atoms with Crippen LogP contribution in [0.1, 0.15) is 48.8 Å². The number of likely N-dealkylation sites (N-methyl/N-ethyl adjacent to an activating group) is 1. The molecule has 6 heteroatoms. The summed E-state index contributed by atoms with van der Waals surface area (Å²) >= 11 is 0. The Kier molecular flexibility index (Phi) is 4.48. The van der Waals surface area contributed by atoms with Crippen LogP contribution in [0.25, 0.3) is 6.08 Å². The van der Waals surface area contributed by atoms with Gasteiger partial charge in [-0.3, -0.25) is 9.69 Å². The highest BCUT2D eigenvalue weighted by Crippen LogP contribution is 2.64. The van der Waals surface area contributed by atoms with Gasteiger partial charge < -0.3 is 19.2 Å². The average molecular weight is 461 g/mol. The monoisotopic (exact) mass is 460 g/mol. The molecule has 3 fully saturated rings. The molecule has 7 rings (SSSR count). The van der Waals surface area contributed by atoms with Gasteiger partial charge in [-0.25, -0.2) is 0 Å². The number of ether oxygens (including phenoxy) is 1. The molecule has 1 aromatic carbocycles. The van der Waals surface area contributed by atoms with E-state index >= 15 is 0 Å². The molecule has 0 unspecified atom stereocenters. The summed E-state index contributed by atoms with van der Waals surface area (Å²) < 4.78 is 11.8. The number of hydrogen-bond donors (Lipinski definition) is 1. The Morgan fingerprint density at radius 1 is 1.26 bits per heavy atom. The fourth-order valence-electron chi connectivity index (χ4n) is 7.67. The van der Waals surface area contributed by atoms with E-state index < -0.39 is 0 Å². The van der Waals surface area contributed by atoms with Gasteiger partial charge in [0, 0.05) is 42.3 Å². The van der Waals surface area contributed by atoms with Crippen molar-refractivity contribution in [3.05, 3.63) is 53.5 Å². The van der Waals surface area contributed by atoms with Crippen LogP contribution >= 0.6 is 0 Å². The first-order valence-corrected chi connectivity index (χ1v) is 12.8. The van der Waals surface area contributed by atoms with E-state index in [1.54, 1.807) is 30.7 Å². The minimum atomic E-state index is -0.115. The Bertz CT molecular complexity index is 1150. The third-order valence-corrected chi connectivity index (χ3v) is 9.40. The van der Waals surface area contributed by atoms with Gasteiger partial charge in [0.25, 0.3) is 0 Å². The smallest absolute Gasteiger partial charge is 0.246 e. The van der Waals surface area contributed by atoms with Crippen molar-refractivity contribution in [3.8, 4) is 11.5 Å². The Morgan fingerprint density at radius 3 is 2.94 bits per heavy atom. The first kappa shape index (κ1) is 20.6. The fourth-order valence-corrected chi connectivity index (χ4v) is 7.67. The van der Waals surface area contributed by atoms with Crippen molar-refractivity contribution >= 4 is 12.0 Å². The highest BCUT2D eigenvalue weighted by atomic mass is 16.5. The maximum Gasteiger partial charge on any atom is 0.246 e. The standard InChI is InChI=1S/C28H32N2O4/c1-29(24(32)9-4-18-10-13-33-16-18)21-7-6-20-22-14-19-5-8-23(31)26-25(19)28(20,27(21)34-26)11-12-30(22)15-17-2-3-17/h4-5,8-10,13,16-17,20-22,27,31H,2-3,6-7,11-12,14-15H2,1H3/t20-,21+,22+,27-,28-/m0/s1. The lowest BCUT2D eigenvalue weighted by molar-refractivity contribution is -0.135. The molecule has 34 heavy (non-hydrogen) atoms. The van der Waals surface area contributed by atoms with Crippen LogP contribution in [-0.4, -0.2) is 59.1 Å². The number of amides is 1. The van der Waals surface area contributed by atoms with Crippen molar-refractivity contribution in [2.75, 3.05) is 20.1 Å². The Hall–Kier alpha value is -2.73. The number of carbonyl (C=O) groups excluding carboxylic acids is 1. The van der Waals surface area contributed by atoms with Crippen LogP contribution < -0.4 is 4.74 Å². The molecule has 0 radical (unpaired) electrons. The Labute approximate surface area is 200 Å². The number of carbonyl (C=O) groups is 1. The van der Waals surface area contributed by atoms with E-state index in [4.69, 9.17) is 9.15 Å². The number of rotatable bonds is 5. The van der Waals surface area contributed by atoms with Gasteiger partial charge in [0.15, 0.2) is 11.5 Å². The van der Waals surface area contributed by atoms with Crippen molar-refractivity contribution in [2.45, 2.75) is 62.1 Å². The molecular weight excluding hydrogens is 428 g/mol. The van der Waals surface area contributed by atoms with E-state index in [2.05, 4.69) is 11.0 Å². The number of furan rings is 1. The molecular formula is C28H32N2O4. The van der Waals surface area contributed by atoms with Gasteiger partial charge in [0.1, 0.15) is 6.10 Å². The maximum atomic E-state index is 13.2. The lowest BCUT2D eigenvalue weighted by Crippen LogP contribution is -2.69. The number of nitrogens with zero attached hydrogens (tertiary/aromatic N) is 2. The van der Waals surface area contributed by atoms with Crippen LogP contribution in [0, 0.1) is 11.8 Å². The summed E-state index contributed by atoms with van der Waals surface area (Å²) in [4.78, 5) is 17.8. The quantitative estimate of drug-likeness (QED) is 0.684. The summed E-state index contributed by atoms with van der Waals surface area (Å²) in [6.07, 6.45) is 13.4. The maximum absolute atomic E-state index is 13.2. The van der Waals surface area contributed by atoms with Gasteiger partial charge in [0.05, 0.1) is 18.6 Å². The van der Waals surface area contributed by atoms with Crippen molar-refractivity contribution in [2.24, 2.45) is 11.8 Å². The normalized spacial score (nSPS) is 33.6. The summed E-state index contributed by atoms with van der Waals surface area (Å²) in [6, 6.07) is 6.28. The van der Waals surface area contributed by atoms with Gasteiger partial charge in [0.2, 0.25) is 5.91 Å². The van der Waals surface area contributed by atoms with Crippen LogP contribution in [-0.2, 0) is 16.6 Å². The Morgan fingerprint density at radius 2 is 2.15 bits per heavy atom. The van der Waals surface area contributed by atoms with Crippen LogP contribution in [0.2, 0.25) is 0 Å². The minimum Gasteiger partial charge on any atom is -0.504 e. The van der Waals surface area contributed by atoms with Crippen LogP contribution in [0.3, 0.4) is 0 Å². The summed E-state index contributed by atoms with van der Waals surface area (Å²) in [5.41, 5.74) is 3.36. The third-order valence-electron chi connectivity index (χ3n) is 9.40. The third kappa shape index (κ3) is 2.87. The lowest BCUT2D eigenvalue weighted by Gasteiger charge is -2.60. The predicted octanol–water partition coefficient (Wildman–Crippen LogP) is 3.97.